The van der Waals surface area contributed by atoms with Crippen LogP contribution in [-0.2, 0) is 11.2 Å². The first-order valence-electron chi connectivity index (χ1n) is 12.1. The maximum absolute atomic E-state index is 12.8. The van der Waals surface area contributed by atoms with E-state index in [1.165, 1.54) is 12.8 Å². The number of aryl methyl sites for hydroxylation is 1. The predicted octanol–water partition coefficient (Wildman–Crippen LogP) is 3.73. The minimum absolute atomic E-state index is 0.158. The van der Waals surface area contributed by atoms with Crippen LogP contribution in [0.5, 0.6) is 5.75 Å². The molecule has 1 fully saturated rings. The van der Waals surface area contributed by atoms with Crippen LogP contribution in [0.15, 0.2) is 48.5 Å². The van der Waals surface area contributed by atoms with E-state index in [0.29, 0.717) is 25.1 Å². The number of hydrogen-bond acceptors (Lipinski definition) is 4. The summed E-state index contributed by atoms with van der Waals surface area (Å²) in [6.45, 7) is 8.62. The SMILES string of the molecule is CCCCNC(=O)C(Cc1ccc(OCCN2CCCC2)cc1)NC(=O)c1ccc(C)cc1. The summed E-state index contributed by atoms with van der Waals surface area (Å²) in [5.74, 6) is 0.424. The quantitative estimate of drug-likeness (QED) is 0.483. The van der Waals surface area contributed by atoms with Crippen molar-refractivity contribution in [1.82, 2.24) is 15.5 Å². The molecule has 2 aromatic rings. The van der Waals surface area contributed by atoms with E-state index in [9.17, 15) is 9.59 Å². The van der Waals surface area contributed by atoms with Crippen LogP contribution in [0, 0.1) is 6.92 Å². The van der Waals surface area contributed by atoms with Gasteiger partial charge in [0.2, 0.25) is 5.91 Å². The summed E-state index contributed by atoms with van der Waals surface area (Å²) in [6, 6.07) is 14.5. The highest BCUT2D eigenvalue weighted by Crippen LogP contribution is 2.15. The van der Waals surface area contributed by atoms with Crippen molar-refractivity contribution in [3.8, 4) is 5.75 Å². The number of nitrogens with zero attached hydrogens (tertiary/aromatic N) is 1. The summed E-state index contributed by atoms with van der Waals surface area (Å²) in [5, 5.41) is 5.87. The van der Waals surface area contributed by atoms with E-state index in [2.05, 4.69) is 22.5 Å². The Morgan fingerprint density at radius 1 is 1.03 bits per heavy atom. The van der Waals surface area contributed by atoms with Crippen LogP contribution in [0.3, 0.4) is 0 Å². The van der Waals surface area contributed by atoms with E-state index in [1.54, 1.807) is 12.1 Å². The summed E-state index contributed by atoms with van der Waals surface area (Å²) in [4.78, 5) is 28.0. The molecule has 6 heteroatoms. The lowest BCUT2D eigenvalue weighted by Crippen LogP contribution is -2.48. The van der Waals surface area contributed by atoms with Gasteiger partial charge in [-0.15, -0.1) is 0 Å². The Bertz CT molecular complexity index is 874. The Hall–Kier alpha value is -2.86. The molecule has 0 spiro atoms. The molecule has 33 heavy (non-hydrogen) atoms. The summed E-state index contributed by atoms with van der Waals surface area (Å²) >= 11 is 0. The Morgan fingerprint density at radius 2 is 1.73 bits per heavy atom. The third kappa shape index (κ3) is 8.21. The Labute approximate surface area is 197 Å². The van der Waals surface area contributed by atoms with Crippen LogP contribution in [-0.4, -0.2) is 55.5 Å². The first kappa shape index (κ1) is 24.8. The molecule has 178 valence electrons. The number of carbonyl (C=O) groups excluding carboxylic acids is 2. The van der Waals surface area contributed by atoms with Crippen molar-refractivity contribution in [2.75, 3.05) is 32.8 Å². The predicted molar refractivity (Wildman–Crippen MR) is 132 cm³/mol. The molecular weight excluding hydrogens is 414 g/mol. The number of amides is 2. The van der Waals surface area contributed by atoms with Gasteiger partial charge in [-0.2, -0.15) is 0 Å². The molecule has 2 aromatic carbocycles. The third-order valence-corrected chi connectivity index (χ3v) is 6.00. The van der Waals surface area contributed by atoms with E-state index in [4.69, 9.17) is 4.74 Å². The van der Waals surface area contributed by atoms with Gasteiger partial charge >= 0.3 is 0 Å². The normalized spacial score (nSPS) is 14.6. The van der Waals surface area contributed by atoms with Crippen LogP contribution >= 0.6 is 0 Å². The van der Waals surface area contributed by atoms with Crippen LogP contribution in [0.1, 0.15) is 54.1 Å². The second-order valence-corrected chi connectivity index (χ2v) is 8.78. The lowest BCUT2D eigenvalue weighted by Gasteiger charge is -2.19. The molecule has 0 saturated carbocycles. The fraction of sp³-hybridized carbons (Fsp3) is 0.481. The molecule has 3 rings (SSSR count). The van der Waals surface area contributed by atoms with Crippen molar-refractivity contribution in [1.29, 1.82) is 0 Å². The molecule has 1 atom stereocenters. The molecule has 0 aromatic heterocycles. The highest BCUT2D eigenvalue weighted by Gasteiger charge is 2.22. The molecule has 1 aliphatic rings. The van der Waals surface area contributed by atoms with E-state index in [-0.39, 0.29) is 11.8 Å². The number of likely N-dealkylation sites (tertiary alicyclic amines) is 1. The topological polar surface area (TPSA) is 70.7 Å². The van der Waals surface area contributed by atoms with Gasteiger partial charge in [0.25, 0.3) is 5.91 Å². The summed E-state index contributed by atoms with van der Waals surface area (Å²) in [5.41, 5.74) is 2.61. The summed E-state index contributed by atoms with van der Waals surface area (Å²) in [6.07, 6.45) is 4.89. The maximum atomic E-state index is 12.8. The van der Waals surface area contributed by atoms with Crippen molar-refractivity contribution in [2.24, 2.45) is 0 Å². The van der Waals surface area contributed by atoms with Gasteiger partial charge in [0.1, 0.15) is 18.4 Å². The van der Waals surface area contributed by atoms with Gasteiger partial charge < -0.3 is 15.4 Å². The van der Waals surface area contributed by atoms with Crippen molar-refractivity contribution >= 4 is 11.8 Å². The molecule has 2 amide bonds. The largest absolute Gasteiger partial charge is 0.492 e. The maximum Gasteiger partial charge on any atom is 0.251 e. The van der Waals surface area contributed by atoms with Gasteiger partial charge in [0.05, 0.1) is 0 Å². The van der Waals surface area contributed by atoms with Gasteiger partial charge in [0.15, 0.2) is 0 Å². The van der Waals surface area contributed by atoms with Crippen molar-refractivity contribution in [3.05, 3.63) is 65.2 Å². The fourth-order valence-electron chi connectivity index (χ4n) is 3.92. The van der Waals surface area contributed by atoms with E-state index in [1.807, 2.05) is 43.3 Å². The summed E-state index contributed by atoms with van der Waals surface area (Å²) < 4.78 is 5.88. The number of benzene rings is 2. The molecule has 6 nitrogen and oxygen atoms in total. The second kappa shape index (κ2) is 13.0. The van der Waals surface area contributed by atoms with Crippen LogP contribution in [0.2, 0.25) is 0 Å². The average molecular weight is 452 g/mol. The Balaban J connectivity index is 1.58. The fourth-order valence-corrected chi connectivity index (χ4v) is 3.92. The van der Waals surface area contributed by atoms with Crippen LogP contribution < -0.4 is 15.4 Å². The number of ether oxygens (including phenoxy) is 1. The lowest BCUT2D eigenvalue weighted by molar-refractivity contribution is -0.122. The molecule has 0 bridgehead atoms. The standard InChI is InChI=1S/C27H37N3O3/c1-3-4-15-28-27(32)25(29-26(31)23-11-7-21(2)8-12-23)20-22-9-13-24(14-10-22)33-19-18-30-16-5-6-17-30/h7-14,25H,3-6,15-20H2,1-2H3,(H,28,32)(H,29,31). The molecule has 1 heterocycles. The number of nitrogens with one attached hydrogen (secondary N) is 2. The lowest BCUT2D eigenvalue weighted by atomic mass is 10.0. The zero-order valence-electron chi connectivity index (χ0n) is 19.9. The first-order chi connectivity index (χ1) is 16.0. The van der Waals surface area contributed by atoms with E-state index in [0.717, 1.165) is 49.4 Å². The van der Waals surface area contributed by atoms with Crippen LogP contribution in [0.4, 0.5) is 0 Å². The highest BCUT2D eigenvalue weighted by atomic mass is 16.5. The van der Waals surface area contributed by atoms with Gasteiger partial charge in [-0.1, -0.05) is 43.2 Å². The van der Waals surface area contributed by atoms with Gasteiger partial charge in [-0.25, -0.2) is 0 Å². The second-order valence-electron chi connectivity index (χ2n) is 8.78. The molecule has 1 aliphatic heterocycles. The Morgan fingerprint density at radius 3 is 2.39 bits per heavy atom. The number of hydrogen-bond donors (Lipinski definition) is 2. The first-order valence-corrected chi connectivity index (χ1v) is 12.1. The van der Waals surface area contributed by atoms with E-state index >= 15 is 0 Å². The van der Waals surface area contributed by atoms with Crippen molar-refractivity contribution < 1.29 is 14.3 Å². The van der Waals surface area contributed by atoms with Crippen molar-refractivity contribution in [2.45, 2.75) is 52.0 Å². The third-order valence-electron chi connectivity index (χ3n) is 6.00. The van der Waals surface area contributed by atoms with Gasteiger partial charge in [0, 0.05) is 25.1 Å². The summed E-state index contributed by atoms with van der Waals surface area (Å²) in [7, 11) is 0. The molecule has 0 radical (unpaired) electrons. The molecule has 1 saturated heterocycles. The monoisotopic (exact) mass is 451 g/mol. The van der Waals surface area contributed by atoms with Gasteiger partial charge in [-0.3, -0.25) is 14.5 Å². The minimum Gasteiger partial charge on any atom is -0.492 e. The number of rotatable bonds is 12. The smallest absolute Gasteiger partial charge is 0.251 e. The molecular formula is C27H37N3O3. The zero-order chi connectivity index (χ0) is 23.5. The zero-order valence-corrected chi connectivity index (χ0v) is 19.9. The average Bonchev–Trinajstić information content (AvgIpc) is 3.34. The number of carbonyl (C=O) groups is 2. The molecule has 0 aliphatic carbocycles. The minimum atomic E-state index is -0.641. The van der Waals surface area contributed by atoms with E-state index < -0.39 is 6.04 Å². The van der Waals surface area contributed by atoms with Crippen molar-refractivity contribution in [3.63, 3.8) is 0 Å². The van der Waals surface area contributed by atoms with Gasteiger partial charge in [-0.05, 0) is 69.1 Å². The highest BCUT2D eigenvalue weighted by molar-refractivity contribution is 5.97. The number of unbranched alkanes of at least 4 members (excludes halogenated alkanes) is 1. The molecule has 2 N–H and O–H groups in total. The van der Waals surface area contributed by atoms with Crippen LogP contribution in [0.25, 0.3) is 0 Å². The molecule has 1 unspecified atom stereocenters. The Kier molecular flexibility index (Phi) is 9.76.